The van der Waals surface area contributed by atoms with Gasteiger partial charge in [-0.3, -0.25) is 0 Å². The molecule has 2 amide bonds. The first-order chi connectivity index (χ1) is 10.7. The lowest BCUT2D eigenvalue weighted by Gasteiger charge is -2.36. The van der Waals surface area contributed by atoms with E-state index < -0.39 is 0 Å². The molecule has 0 unspecified atom stereocenters. The summed E-state index contributed by atoms with van der Waals surface area (Å²) in [6, 6.07) is 0.397. The maximum absolute atomic E-state index is 12.6. The molecule has 1 aromatic rings. The highest BCUT2D eigenvalue weighted by Crippen LogP contribution is 2.38. The number of likely N-dealkylation sites (tertiary alicyclic amines) is 2. The molecule has 3 aliphatic rings. The fourth-order valence-corrected chi connectivity index (χ4v) is 3.88. The van der Waals surface area contributed by atoms with Crippen LogP contribution in [0.15, 0.2) is 4.52 Å². The van der Waals surface area contributed by atoms with E-state index in [1.165, 1.54) is 0 Å². The zero-order chi connectivity index (χ0) is 15.1. The Morgan fingerprint density at radius 3 is 2.73 bits per heavy atom. The van der Waals surface area contributed by atoms with Crippen molar-refractivity contribution in [1.29, 1.82) is 0 Å². The number of ether oxygens (including phenoxy) is 1. The second kappa shape index (κ2) is 5.53. The van der Waals surface area contributed by atoms with E-state index in [1.807, 2.05) is 16.7 Å². The molecule has 3 saturated heterocycles. The highest BCUT2D eigenvalue weighted by molar-refractivity contribution is 5.75. The first-order valence-corrected chi connectivity index (χ1v) is 8.23. The van der Waals surface area contributed by atoms with Crippen LogP contribution in [0.4, 0.5) is 4.79 Å². The standard InChI is InChI=1S/C15H22N4O3/c1-10-16-14(22-17-10)13-5-4-11-12(21-13)6-9-19(11)15(20)18-7-2-3-8-18/h11-13H,2-9H2,1H3/t11-,12-,13+/m1/s1. The number of aryl methyl sites for hydroxylation is 1. The Bertz CT molecular complexity index is 555. The van der Waals surface area contributed by atoms with Gasteiger partial charge in [0.15, 0.2) is 5.82 Å². The van der Waals surface area contributed by atoms with Crippen LogP contribution < -0.4 is 0 Å². The van der Waals surface area contributed by atoms with Crippen molar-refractivity contribution in [2.24, 2.45) is 0 Å². The molecule has 3 fully saturated rings. The molecule has 4 heterocycles. The van der Waals surface area contributed by atoms with Gasteiger partial charge in [0.2, 0.25) is 0 Å². The minimum atomic E-state index is -0.121. The van der Waals surface area contributed by atoms with Gasteiger partial charge in [0, 0.05) is 19.6 Å². The predicted molar refractivity (Wildman–Crippen MR) is 77.2 cm³/mol. The molecular formula is C15H22N4O3. The van der Waals surface area contributed by atoms with Gasteiger partial charge in [-0.05, 0) is 39.0 Å². The molecule has 0 aromatic carbocycles. The summed E-state index contributed by atoms with van der Waals surface area (Å²) in [6.07, 6.45) is 4.89. The molecule has 3 atom stereocenters. The Morgan fingerprint density at radius 1 is 1.18 bits per heavy atom. The van der Waals surface area contributed by atoms with Crippen molar-refractivity contribution < 1.29 is 14.1 Å². The van der Waals surface area contributed by atoms with Crippen LogP contribution in [0.1, 0.15) is 49.9 Å². The van der Waals surface area contributed by atoms with Crippen molar-refractivity contribution in [3.05, 3.63) is 11.7 Å². The van der Waals surface area contributed by atoms with Crippen LogP contribution in [0.5, 0.6) is 0 Å². The molecular weight excluding hydrogens is 284 g/mol. The largest absolute Gasteiger partial charge is 0.363 e. The van der Waals surface area contributed by atoms with Gasteiger partial charge in [0.1, 0.15) is 6.10 Å². The van der Waals surface area contributed by atoms with E-state index in [4.69, 9.17) is 9.26 Å². The van der Waals surface area contributed by atoms with E-state index in [9.17, 15) is 4.79 Å². The predicted octanol–water partition coefficient (Wildman–Crippen LogP) is 1.89. The number of carbonyl (C=O) groups is 1. The fraction of sp³-hybridized carbons (Fsp3) is 0.800. The Hall–Kier alpha value is -1.63. The monoisotopic (exact) mass is 306 g/mol. The smallest absolute Gasteiger partial charge is 0.320 e. The number of nitrogens with zero attached hydrogens (tertiary/aromatic N) is 4. The van der Waals surface area contributed by atoms with Crippen LogP contribution in [0.25, 0.3) is 0 Å². The van der Waals surface area contributed by atoms with Crippen LogP contribution in [0, 0.1) is 6.92 Å². The summed E-state index contributed by atoms with van der Waals surface area (Å²) >= 11 is 0. The van der Waals surface area contributed by atoms with Crippen molar-refractivity contribution in [2.75, 3.05) is 19.6 Å². The topological polar surface area (TPSA) is 71.7 Å². The summed E-state index contributed by atoms with van der Waals surface area (Å²) in [5.74, 6) is 1.21. The van der Waals surface area contributed by atoms with Gasteiger partial charge in [0.05, 0.1) is 12.1 Å². The summed E-state index contributed by atoms with van der Waals surface area (Å²) in [4.78, 5) is 20.9. The number of rotatable bonds is 1. The molecule has 0 saturated carbocycles. The first kappa shape index (κ1) is 14.0. The molecule has 7 nitrogen and oxygen atoms in total. The van der Waals surface area contributed by atoms with Gasteiger partial charge >= 0.3 is 6.03 Å². The van der Waals surface area contributed by atoms with E-state index in [1.54, 1.807) is 0 Å². The maximum Gasteiger partial charge on any atom is 0.320 e. The van der Waals surface area contributed by atoms with Crippen LogP contribution in [-0.2, 0) is 4.74 Å². The van der Waals surface area contributed by atoms with Crippen LogP contribution in [0.3, 0.4) is 0 Å². The van der Waals surface area contributed by atoms with Gasteiger partial charge in [-0.25, -0.2) is 4.79 Å². The van der Waals surface area contributed by atoms with Gasteiger partial charge in [-0.1, -0.05) is 5.16 Å². The molecule has 0 bridgehead atoms. The molecule has 7 heteroatoms. The zero-order valence-electron chi connectivity index (χ0n) is 12.9. The lowest BCUT2D eigenvalue weighted by Crippen LogP contribution is -2.48. The van der Waals surface area contributed by atoms with E-state index in [0.29, 0.717) is 11.7 Å². The number of fused-ring (bicyclic) bond motifs is 1. The van der Waals surface area contributed by atoms with Crippen molar-refractivity contribution >= 4 is 6.03 Å². The van der Waals surface area contributed by atoms with Gasteiger partial charge < -0.3 is 19.1 Å². The average molecular weight is 306 g/mol. The zero-order valence-corrected chi connectivity index (χ0v) is 12.9. The summed E-state index contributed by atoms with van der Waals surface area (Å²) in [6.45, 7) is 4.40. The highest BCUT2D eigenvalue weighted by Gasteiger charge is 2.44. The molecule has 0 aliphatic carbocycles. The number of amides is 2. The lowest BCUT2D eigenvalue weighted by atomic mass is 9.99. The van der Waals surface area contributed by atoms with Crippen molar-refractivity contribution in [3.63, 3.8) is 0 Å². The Kier molecular flexibility index (Phi) is 3.52. The number of carbonyl (C=O) groups excluding carboxylic acids is 1. The molecule has 22 heavy (non-hydrogen) atoms. The molecule has 0 radical (unpaired) electrons. The van der Waals surface area contributed by atoms with Crippen LogP contribution >= 0.6 is 0 Å². The maximum atomic E-state index is 12.6. The average Bonchev–Trinajstić information content (AvgIpc) is 3.26. The van der Waals surface area contributed by atoms with Gasteiger partial charge in [-0.2, -0.15) is 4.98 Å². The summed E-state index contributed by atoms with van der Waals surface area (Å²) < 4.78 is 11.4. The van der Waals surface area contributed by atoms with Gasteiger partial charge in [0.25, 0.3) is 5.89 Å². The normalized spacial score (nSPS) is 31.6. The SMILES string of the molecule is Cc1noc([C@@H]2CC[C@@H]3[C@@H](CCN3C(=O)N3CCCC3)O2)n1. The highest BCUT2D eigenvalue weighted by atomic mass is 16.5. The third-order valence-corrected chi connectivity index (χ3v) is 4.99. The van der Waals surface area contributed by atoms with Crippen LogP contribution in [0.2, 0.25) is 0 Å². The minimum absolute atomic E-state index is 0.0949. The quantitative estimate of drug-likeness (QED) is 0.792. The molecule has 0 N–H and O–H groups in total. The fourth-order valence-electron chi connectivity index (χ4n) is 3.88. The lowest BCUT2D eigenvalue weighted by molar-refractivity contribution is -0.0789. The molecule has 4 rings (SSSR count). The van der Waals surface area contributed by atoms with Gasteiger partial charge in [-0.15, -0.1) is 0 Å². The molecule has 1 aromatic heterocycles. The second-order valence-electron chi connectivity index (χ2n) is 6.45. The first-order valence-electron chi connectivity index (χ1n) is 8.23. The molecule has 3 aliphatic heterocycles. The third-order valence-electron chi connectivity index (χ3n) is 4.99. The van der Waals surface area contributed by atoms with Crippen molar-refractivity contribution in [3.8, 4) is 0 Å². The van der Waals surface area contributed by atoms with Crippen molar-refractivity contribution in [2.45, 2.75) is 57.3 Å². The Labute approximate surface area is 129 Å². The third kappa shape index (κ3) is 2.37. The van der Waals surface area contributed by atoms with E-state index in [2.05, 4.69) is 10.1 Å². The van der Waals surface area contributed by atoms with E-state index in [-0.39, 0.29) is 24.3 Å². The van der Waals surface area contributed by atoms with E-state index in [0.717, 1.165) is 51.7 Å². The number of aromatic nitrogens is 2. The molecule has 120 valence electrons. The summed E-state index contributed by atoms with van der Waals surface area (Å²) in [7, 11) is 0. The summed E-state index contributed by atoms with van der Waals surface area (Å²) in [5, 5.41) is 3.84. The van der Waals surface area contributed by atoms with Crippen LogP contribution in [-0.4, -0.2) is 57.8 Å². The summed E-state index contributed by atoms with van der Waals surface area (Å²) in [5.41, 5.74) is 0. The molecule has 0 spiro atoms. The number of urea groups is 1. The Balaban J connectivity index is 1.42. The minimum Gasteiger partial charge on any atom is -0.363 e. The second-order valence-corrected chi connectivity index (χ2v) is 6.45. The Morgan fingerprint density at radius 2 is 2.00 bits per heavy atom. The number of hydrogen-bond acceptors (Lipinski definition) is 5. The number of hydrogen-bond donors (Lipinski definition) is 0. The van der Waals surface area contributed by atoms with Crippen molar-refractivity contribution in [1.82, 2.24) is 19.9 Å². The van der Waals surface area contributed by atoms with E-state index >= 15 is 0 Å².